The maximum absolute atomic E-state index is 13.3. The predicted molar refractivity (Wildman–Crippen MR) is 143 cm³/mol. The Morgan fingerprint density at radius 2 is 1.58 bits per heavy atom. The fraction of sp³-hybridized carbons (Fsp3) is 0.640. The highest BCUT2D eigenvalue weighted by atomic mass is 31.2. The largest absolute Gasteiger partial charge is 0.438 e. The van der Waals surface area contributed by atoms with E-state index in [1.165, 1.54) is 6.33 Å². The van der Waals surface area contributed by atoms with Gasteiger partial charge in [-0.2, -0.15) is 0 Å². The third kappa shape index (κ3) is 9.81. The minimum absolute atomic E-state index is 0.140. The quantitative estimate of drug-likeness (QED) is 0.112. The molecule has 2 heterocycles. The lowest BCUT2D eigenvalue weighted by molar-refractivity contribution is -0.161. The normalized spacial score (nSPS) is 12.7. The minimum Gasteiger partial charge on any atom is -0.438 e. The Morgan fingerprint density at radius 1 is 0.974 bits per heavy atom. The topological polar surface area (TPSA) is 144 Å². The number of carbonyl (C=O) groups excluding carboxylic acids is 2. The summed E-state index contributed by atoms with van der Waals surface area (Å²) in [4.78, 5) is 37.1. The lowest BCUT2D eigenvalue weighted by atomic mass is 9.98. The average molecular weight is 554 g/mol. The van der Waals surface area contributed by atoms with Crippen LogP contribution in [0.3, 0.4) is 0 Å². The standard InChI is InChI=1S/C25H40N5O7P/c1-8-9-12-26-20-19-21(28-15-27-20)30(16-29-19)13-10-11-14-38(33,36-17-34-22(31)24(2,3)4)37-18-35-23(32)25(5,6)7/h10-11,15-16H,8-9,12-14,17-18H2,1-7H3,(H,26,27,28)/b11-10+. The molecule has 13 heteroatoms. The van der Waals surface area contributed by atoms with Gasteiger partial charge in [-0.25, -0.2) is 15.0 Å². The van der Waals surface area contributed by atoms with E-state index in [0.717, 1.165) is 19.4 Å². The van der Waals surface area contributed by atoms with E-state index >= 15 is 0 Å². The Hall–Kier alpha value is -2.82. The van der Waals surface area contributed by atoms with Gasteiger partial charge in [-0.1, -0.05) is 25.5 Å². The number of hydrogen-bond acceptors (Lipinski definition) is 11. The first-order chi connectivity index (χ1) is 17.8. The first kappa shape index (κ1) is 31.4. The molecule has 2 aromatic heterocycles. The number of nitrogens with zero attached hydrogens (tertiary/aromatic N) is 4. The number of fused-ring (bicyclic) bond motifs is 1. The molecular weight excluding hydrogens is 513 g/mol. The molecule has 0 aliphatic carbocycles. The van der Waals surface area contributed by atoms with Crippen molar-refractivity contribution in [2.75, 3.05) is 31.6 Å². The predicted octanol–water partition coefficient (Wildman–Crippen LogP) is 4.91. The van der Waals surface area contributed by atoms with Gasteiger partial charge in [-0.3, -0.25) is 23.2 Å². The highest BCUT2D eigenvalue weighted by Crippen LogP contribution is 2.48. The second-order valence-electron chi connectivity index (χ2n) is 10.7. The summed E-state index contributed by atoms with van der Waals surface area (Å²) >= 11 is 0. The number of unbranched alkanes of at least 4 members (excludes halogenated alkanes) is 1. The number of anilines is 1. The number of carbonyl (C=O) groups is 2. The maximum atomic E-state index is 13.3. The van der Waals surface area contributed by atoms with Gasteiger partial charge in [0, 0.05) is 13.1 Å². The molecule has 0 aliphatic rings. The summed E-state index contributed by atoms with van der Waals surface area (Å²) in [6, 6.07) is 0. The Balaban J connectivity index is 2.04. The molecule has 38 heavy (non-hydrogen) atoms. The molecule has 2 aromatic rings. The van der Waals surface area contributed by atoms with Crippen LogP contribution in [-0.4, -0.2) is 57.8 Å². The van der Waals surface area contributed by atoms with Crippen LogP contribution in [0.1, 0.15) is 61.3 Å². The molecule has 0 spiro atoms. The van der Waals surface area contributed by atoms with E-state index in [2.05, 4.69) is 27.2 Å². The molecule has 12 nitrogen and oxygen atoms in total. The molecule has 1 N–H and O–H groups in total. The van der Waals surface area contributed by atoms with Gasteiger partial charge < -0.3 is 19.4 Å². The van der Waals surface area contributed by atoms with E-state index in [9.17, 15) is 14.2 Å². The van der Waals surface area contributed by atoms with E-state index in [0.29, 0.717) is 23.5 Å². The van der Waals surface area contributed by atoms with Crippen molar-refractivity contribution in [3.05, 3.63) is 24.8 Å². The number of nitrogens with one attached hydrogen (secondary N) is 1. The van der Waals surface area contributed by atoms with Gasteiger partial charge in [-0.05, 0) is 48.0 Å². The summed E-state index contributed by atoms with van der Waals surface area (Å²) in [5, 5.41) is 3.28. The highest BCUT2D eigenvalue weighted by molar-refractivity contribution is 7.54. The number of rotatable bonds is 14. The molecule has 0 aliphatic heterocycles. The molecule has 0 aromatic carbocycles. The molecule has 0 atom stereocenters. The first-order valence-corrected chi connectivity index (χ1v) is 14.3. The van der Waals surface area contributed by atoms with Crippen LogP contribution >= 0.6 is 7.60 Å². The van der Waals surface area contributed by atoms with Crippen LogP contribution in [0.4, 0.5) is 5.82 Å². The van der Waals surface area contributed by atoms with Crippen LogP contribution in [0.2, 0.25) is 0 Å². The van der Waals surface area contributed by atoms with Crippen molar-refractivity contribution in [2.45, 2.75) is 67.9 Å². The third-order valence-electron chi connectivity index (χ3n) is 5.13. The molecule has 0 bridgehead atoms. The smallest absolute Gasteiger partial charge is 0.340 e. The second-order valence-corrected chi connectivity index (χ2v) is 12.8. The summed E-state index contributed by atoms with van der Waals surface area (Å²) in [6.07, 6.45) is 8.45. The molecule has 0 amide bonds. The Labute approximate surface area is 224 Å². The van der Waals surface area contributed by atoms with Crippen LogP contribution in [0.15, 0.2) is 24.8 Å². The SMILES string of the molecule is CCCCNc1ncnc2c1ncn2C/C=C/CP(=O)(OCOC(=O)C(C)(C)C)OCOC(=O)C(C)(C)C. The second kappa shape index (κ2) is 13.8. The number of ether oxygens (including phenoxy) is 2. The third-order valence-corrected chi connectivity index (χ3v) is 6.78. The summed E-state index contributed by atoms with van der Waals surface area (Å²) in [6.45, 7) is 12.3. The van der Waals surface area contributed by atoms with E-state index in [1.54, 1.807) is 60.0 Å². The number of aromatic nitrogens is 4. The van der Waals surface area contributed by atoms with Crippen LogP contribution in [0, 0.1) is 10.8 Å². The summed E-state index contributed by atoms with van der Waals surface area (Å²) in [5.41, 5.74) is -0.184. The van der Waals surface area contributed by atoms with Crippen molar-refractivity contribution in [3.8, 4) is 0 Å². The Kier molecular flexibility index (Phi) is 11.4. The van der Waals surface area contributed by atoms with Crippen LogP contribution in [0.25, 0.3) is 11.2 Å². The van der Waals surface area contributed by atoms with Crippen molar-refractivity contribution < 1.29 is 32.7 Å². The highest BCUT2D eigenvalue weighted by Gasteiger charge is 2.29. The van der Waals surface area contributed by atoms with Gasteiger partial charge >= 0.3 is 19.5 Å². The van der Waals surface area contributed by atoms with Crippen LogP contribution in [-0.2, 0) is 39.2 Å². The fourth-order valence-corrected chi connectivity index (χ4v) is 3.93. The van der Waals surface area contributed by atoms with Crippen LogP contribution in [0.5, 0.6) is 0 Å². The maximum Gasteiger partial charge on any atom is 0.340 e. The van der Waals surface area contributed by atoms with Crippen molar-refractivity contribution in [1.29, 1.82) is 0 Å². The summed E-state index contributed by atoms with van der Waals surface area (Å²) < 4.78 is 35.9. The van der Waals surface area contributed by atoms with Crippen molar-refractivity contribution in [2.24, 2.45) is 10.8 Å². The van der Waals surface area contributed by atoms with Gasteiger partial charge in [0.1, 0.15) is 11.8 Å². The molecule has 0 saturated heterocycles. The summed E-state index contributed by atoms with van der Waals surface area (Å²) in [5.74, 6) is -0.361. The molecule has 212 valence electrons. The van der Waals surface area contributed by atoms with Gasteiger partial charge in [-0.15, -0.1) is 0 Å². The average Bonchev–Trinajstić information content (AvgIpc) is 3.24. The first-order valence-electron chi connectivity index (χ1n) is 12.5. The van der Waals surface area contributed by atoms with E-state index in [1.807, 2.05) is 4.57 Å². The fourth-order valence-electron chi connectivity index (χ4n) is 2.81. The van der Waals surface area contributed by atoms with E-state index in [-0.39, 0.29) is 6.16 Å². The van der Waals surface area contributed by atoms with Gasteiger partial charge in [0.15, 0.2) is 11.5 Å². The molecule has 0 saturated carbocycles. The van der Waals surface area contributed by atoms with Gasteiger partial charge in [0.05, 0.1) is 23.3 Å². The minimum atomic E-state index is -3.82. The Morgan fingerprint density at radius 3 is 2.13 bits per heavy atom. The van der Waals surface area contributed by atoms with Crippen molar-refractivity contribution in [3.63, 3.8) is 0 Å². The zero-order chi connectivity index (χ0) is 28.4. The monoisotopic (exact) mass is 553 g/mol. The number of imidazole rings is 1. The Bertz CT molecular complexity index is 1120. The van der Waals surface area contributed by atoms with Crippen LogP contribution < -0.4 is 5.32 Å². The van der Waals surface area contributed by atoms with Gasteiger partial charge in [0.25, 0.3) is 0 Å². The number of allylic oxidation sites excluding steroid dienone is 2. The molecule has 2 rings (SSSR count). The lowest BCUT2D eigenvalue weighted by Gasteiger charge is -2.21. The van der Waals surface area contributed by atoms with E-state index < -0.39 is 44.0 Å². The molecule has 0 fully saturated rings. The summed E-state index contributed by atoms with van der Waals surface area (Å²) in [7, 11) is -3.82. The van der Waals surface area contributed by atoms with Crippen molar-refractivity contribution in [1.82, 2.24) is 19.5 Å². The molecular formula is C25H40N5O7P. The number of esters is 2. The number of hydrogen-bond donors (Lipinski definition) is 1. The zero-order valence-corrected chi connectivity index (χ0v) is 24.2. The zero-order valence-electron chi connectivity index (χ0n) is 23.4. The lowest BCUT2D eigenvalue weighted by Crippen LogP contribution is -2.25. The van der Waals surface area contributed by atoms with Crippen molar-refractivity contribution >= 4 is 36.5 Å². The molecule has 0 unspecified atom stereocenters. The molecule has 0 radical (unpaired) electrons. The van der Waals surface area contributed by atoms with E-state index in [4.69, 9.17) is 18.5 Å². The van der Waals surface area contributed by atoms with Gasteiger partial charge in [0.2, 0.25) is 13.6 Å².